The lowest BCUT2D eigenvalue weighted by molar-refractivity contribution is 0.413. The molecule has 0 saturated heterocycles. The van der Waals surface area contributed by atoms with E-state index in [4.69, 9.17) is 15.7 Å². The van der Waals surface area contributed by atoms with Gasteiger partial charge in [-0.05, 0) is 42.3 Å². The zero-order valence-electron chi connectivity index (χ0n) is 11.9. The normalized spacial score (nSPS) is 11.7. The first kappa shape index (κ1) is 15.1. The number of hydrogen-bond donors (Lipinski definition) is 1. The van der Waals surface area contributed by atoms with Gasteiger partial charge in [-0.1, -0.05) is 12.1 Å². The number of nitrogen functional groups attached to an aromatic ring is 1. The highest BCUT2D eigenvalue weighted by molar-refractivity contribution is 7.84. The molecule has 2 rings (SSSR count). The first-order valence-electron chi connectivity index (χ1n) is 6.36. The summed E-state index contributed by atoms with van der Waals surface area (Å²) < 4.78 is 17.6. The molecule has 0 heterocycles. The third kappa shape index (κ3) is 3.41. The monoisotopic (exact) mass is 300 g/mol. The average molecular weight is 300 g/mol. The fraction of sp³-hybridized carbons (Fsp3) is 0.188. The standard InChI is InChI=1S/C16H16N2O2S/c1-11-3-6-14(18)16(7-11)21(19)10-12-4-5-13(9-17)15(8-12)20-2/h3-8H,10,18H2,1-2H3. The zero-order chi connectivity index (χ0) is 15.4. The first-order chi connectivity index (χ1) is 10.0. The molecule has 0 fully saturated rings. The van der Waals surface area contributed by atoms with Gasteiger partial charge in [0.2, 0.25) is 0 Å². The van der Waals surface area contributed by atoms with Crippen LogP contribution in [0, 0.1) is 18.3 Å². The fourth-order valence-corrected chi connectivity index (χ4v) is 3.27. The molecule has 5 heteroatoms. The maximum absolute atomic E-state index is 12.5. The quantitative estimate of drug-likeness (QED) is 0.881. The molecule has 2 aromatic carbocycles. The van der Waals surface area contributed by atoms with Gasteiger partial charge in [0, 0.05) is 5.69 Å². The second-order valence-electron chi connectivity index (χ2n) is 4.68. The molecule has 108 valence electrons. The summed E-state index contributed by atoms with van der Waals surface area (Å²) in [5.74, 6) is 0.819. The van der Waals surface area contributed by atoms with Crippen LogP contribution in [0.1, 0.15) is 16.7 Å². The van der Waals surface area contributed by atoms with Crippen LogP contribution in [-0.2, 0) is 16.6 Å². The maximum atomic E-state index is 12.5. The van der Waals surface area contributed by atoms with E-state index in [-0.39, 0.29) is 0 Å². The third-order valence-corrected chi connectivity index (χ3v) is 4.54. The molecule has 0 amide bonds. The van der Waals surface area contributed by atoms with Crippen molar-refractivity contribution >= 4 is 16.5 Å². The van der Waals surface area contributed by atoms with Crippen molar-refractivity contribution in [2.45, 2.75) is 17.6 Å². The highest BCUT2D eigenvalue weighted by Crippen LogP contribution is 2.24. The molecular formula is C16H16N2O2S. The van der Waals surface area contributed by atoms with Crippen LogP contribution >= 0.6 is 0 Å². The van der Waals surface area contributed by atoms with Crippen LogP contribution in [0.4, 0.5) is 5.69 Å². The van der Waals surface area contributed by atoms with E-state index in [9.17, 15) is 4.21 Å². The number of nitrogens with two attached hydrogens (primary N) is 1. The average Bonchev–Trinajstić information content (AvgIpc) is 2.49. The molecule has 21 heavy (non-hydrogen) atoms. The van der Waals surface area contributed by atoms with E-state index in [1.165, 1.54) is 7.11 Å². The van der Waals surface area contributed by atoms with E-state index in [1.54, 1.807) is 24.3 Å². The summed E-state index contributed by atoms with van der Waals surface area (Å²) in [5, 5.41) is 8.96. The number of rotatable bonds is 4. The molecule has 1 unspecified atom stereocenters. The summed E-state index contributed by atoms with van der Waals surface area (Å²) in [5.41, 5.74) is 8.73. The van der Waals surface area contributed by atoms with Crippen molar-refractivity contribution in [3.05, 3.63) is 53.1 Å². The maximum Gasteiger partial charge on any atom is 0.136 e. The Morgan fingerprint density at radius 3 is 2.71 bits per heavy atom. The van der Waals surface area contributed by atoms with Crippen LogP contribution in [0.3, 0.4) is 0 Å². The van der Waals surface area contributed by atoms with Crippen molar-refractivity contribution in [1.29, 1.82) is 5.26 Å². The molecule has 0 radical (unpaired) electrons. The van der Waals surface area contributed by atoms with E-state index >= 15 is 0 Å². The Balaban J connectivity index is 2.28. The summed E-state index contributed by atoms with van der Waals surface area (Å²) in [6.45, 7) is 1.94. The Labute approximate surface area is 126 Å². The number of anilines is 1. The van der Waals surface area contributed by atoms with Gasteiger partial charge in [-0.15, -0.1) is 0 Å². The lowest BCUT2D eigenvalue weighted by Crippen LogP contribution is -2.02. The Morgan fingerprint density at radius 1 is 1.29 bits per heavy atom. The molecule has 0 bridgehead atoms. The van der Waals surface area contributed by atoms with Crippen molar-refractivity contribution in [3.63, 3.8) is 0 Å². The molecular weight excluding hydrogens is 284 g/mol. The van der Waals surface area contributed by atoms with Gasteiger partial charge in [-0.2, -0.15) is 5.26 Å². The van der Waals surface area contributed by atoms with Crippen molar-refractivity contribution in [3.8, 4) is 11.8 Å². The molecule has 0 saturated carbocycles. The lowest BCUT2D eigenvalue weighted by Gasteiger charge is -2.09. The number of hydrogen-bond acceptors (Lipinski definition) is 4. The number of ether oxygens (including phenoxy) is 1. The largest absolute Gasteiger partial charge is 0.495 e. The molecule has 0 aromatic heterocycles. The Morgan fingerprint density at radius 2 is 2.05 bits per heavy atom. The minimum atomic E-state index is -1.24. The van der Waals surface area contributed by atoms with Gasteiger partial charge in [0.05, 0.1) is 34.1 Å². The number of benzene rings is 2. The van der Waals surface area contributed by atoms with Crippen molar-refractivity contribution < 1.29 is 8.95 Å². The number of methoxy groups -OCH3 is 1. The zero-order valence-corrected chi connectivity index (χ0v) is 12.7. The fourth-order valence-electron chi connectivity index (χ4n) is 1.99. The summed E-state index contributed by atoms with van der Waals surface area (Å²) >= 11 is 0. The summed E-state index contributed by atoms with van der Waals surface area (Å²) in [6, 6.07) is 12.7. The lowest BCUT2D eigenvalue weighted by atomic mass is 10.1. The minimum absolute atomic E-state index is 0.329. The van der Waals surface area contributed by atoms with Crippen molar-refractivity contribution in [2.24, 2.45) is 0 Å². The number of nitriles is 1. The van der Waals surface area contributed by atoms with E-state index < -0.39 is 10.8 Å². The van der Waals surface area contributed by atoms with Gasteiger partial charge in [0.1, 0.15) is 11.8 Å². The molecule has 0 spiro atoms. The summed E-state index contributed by atoms with van der Waals surface area (Å²) in [4.78, 5) is 0.637. The topological polar surface area (TPSA) is 76.1 Å². The predicted molar refractivity (Wildman–Crippen MR) is 83.4 cm³/mol. The van der Waals surface area contributed by atoms with Crippen LogP contribution in [0.2, 0.25) is 0 Å². The molecule has 0 aliphatic rings. The van der Waals surface area contributed by atoms with Gasteiger partial charge in [-0.25, -0.2) is 0 Å². The van der Waals surface area contributed by atoms with Crippen molar-refractivity contribution in [1.82, 2.24) is 0 Å². The number of aryl methyl sites for hydroxylation is 1. The first-order valence-corrected chi connectivity index (χ1v) is 7.68. The second-order valence-corrected chi connectivity index (χ2v) is 6.10. The molecule has 2 N–H and O–H groups in total. The second kappa shape index (κ2) is 6.42. The molecule has 1 atom stereocenters. The van der Waals surface area contributed by atoms with Crippen LogP contribution in [0.15, 0.2) is 41.3 Å². The van der Waals surface area contributed by atoms with Crippen LogP contribution in [-0.4, -0.2) is 11.3 Å². The summed E-state index contributed by atoms with van der Waals surface area (Å²) in [7, 11) is 0.271. The van der Waals surface area contributed by atoms with Gasteiger partial charge < -0.3 is 10.5 Å². The molecule has 4 nitrogen and oxygen atoms in total. The smallest absolute Gasteiger partial charge is 0.136 e. The minimum Gasteiger partial charge on any atom is -0.495 e. The van der Waals surface area contributed by atoms with Gasteiger partial charge in [-0.3, -0.25) is 4.21 Å². The Kier molecular flexibility index (Phi) is 4.61. The van der Waals surface area contributed by atoms with Crippen molar-refractivity contribution in [2.75, 3.05) is 12.8 Å². The van der Waals surface area contributed by atoms with Gasteiger partial charge in [0.15, 0.2) is 0 Å². The third-order valence-electron chi connectivity index (χ3n) is 3.10. The van der Waals surface area contributed by atoms with E-state index in [1.807, 2.05) is 19.1 Å². The van der Waals surface area contributed by atoms with Crippen LogP contribution < -0.4 is 10.5 Å². The molecule has 2 aromatic rings. The van der Waals surface area contributed by atoms with Gasteiger partial charge in [0.25, 0.3) is 0 Å². The Bertz CT molecular complexity index is 736. The van der Waals surface area contributed by atoms with E-state index in [0.29, 0.717) is 27.6 Å². The van der Waals surface area contributed by atoms with Gasteiger partial charge >= 0.3 is 0 Å². The van der Waals surface area contributed by atoms with E-state index in [0.717, 1.165) is 11.1 Å². The predicted octanol–water partition coefficient (Wildman–Crippen LogP) is 2.77. The molecule has 0 aliphatic carbocycles. The SMILES string of the molecule is COc1cc(CS(=O)c2cc(C)ccc2N)ccc1C#N. The van der Waals surface area contributed by atoms with Crippen LogP contribution in [0.25, 0.3) is 0 Å². The highest BCUT2D eigenvalue weighted by Gasteiger charge is 2.11. The Hall–Kier alpha value is -2.32. The summed E-state index contributed by atoms with van der Waals surface area (Å²) in [6.07, 6.45) is 0. The molecule has 0 aliphatic heterocycles. The highest BCUT2D eigenvalue weighted by atomic mass is 32.2. The number of nitrogens with zero attached hydrogens (tertiary/aromatic N) is 1. The van der Waals surface area contributed by atoms with E-state index in [2.05, 4.69) is 6.07 Å². The van der Waals surface area contributed by atoms with Crippen LogP contribution in [0.5, 0.6) is 5.75 Å².